The molecular weight excluding hydrogens is 344 g/mol. The van der Waals surface area contributed by atoms with Crippen LogP contribution in [-0.4, -0.2) is 72.7 Å². The van der Waals surface area contributed by atoms with Crippen molar-refractivity contribution in [1.29, 1.82) is 0 Å². The van der Waals surface area contributed by atoms with Crippen LogP contribution in [0.5, 0.6) is 0 Å². The lowest BCUT2D eigenvalue weighted by Crippen LogP contribution is -2.48. The fraction of sp³-hybridized carbons (Fsp3) is 0.526. The highest BCUT2D eigenvalue weighted by Gasteiger charge is 2.21. The molecule has 1 saturated heterocycles. The number of aryl methyl sites for hydroxylation is 1. The van der Waals surface area contributed by atoms with Crippen LogP contribution in [0.15, 0.2) is 28.8 Å². The predicted octanol–water partition coefficient (Wildman–Crippen LogP) is 1.45. The van der Waals surface area contributed by atoms with Crippen molar-refractivity contribution in [2.45, 2.75) is 19.9 Å². The van der Waals surface area contributed by atoms with Crippen LogP contribution in [0.25, 0.3) is 0 Å². The second-order valence-electron chi connectivity index (χ2n) is 6.99. The van der Waals surface area contributed by atoms with Crippen molar-refractivity contribution in [1.82, 2.24) is 19.9 Å². The zero-order valence-electron chi connectivity index (χ0n) is 16.3. The van der Waals surface area contributed by atoms with Gasteiger partial charge in [-0.05, 0) is 23.2 Å². The number of carbonyl (C=O) groups is 1. The maximum absolute atomic E-state index is 12.4. The molecule has 1 amide bonds. The van der Waals surface area contributed by atoms with Crippen molar-refractivity contribution in [3.05, 3.63) is 35.7 Å². The van der Waals surface area contributed by atoms with Gasteiger partial charge in [0.05, 0.1) is 13.1 Å². The highest BCUT2D eigenvalue weighted by molar-refractivity contribution is 5.93. The third-order valence-electron chi connectivity index (χ3n) is 4.72. The predicted molar refractivity (Wildman–Crippen MR) is 105 cm³/mol. The molecule has 1 aromatic heterocycles. The van der Waals surface area contributed by atoms with Crippen LogP contribution >= 0.6 is 0 Å². The van der Waals surface area contributed by atoms with Crippen molar-refractivity contribution in [2.24, 2.45) is 0 Å². The lowest BCUT2D eigenvalue weighted by molar-refractivity contribution is -0.117. The molecule has 146 valence electrons. The van der Waals surface area contributed by atoms with Crippen molar-refractivity contribution >= 4 is 17.5 Å². The van der Waals surface area contributed by atoms with Crippen LogP contribution in [-0.2, 0) is 17.8 Å². The lowest BCUT2D eigenvalue weighted by atomic mass is 10.1. The Kier molecular flexibility index (Phi) is 6.41. The Hall–Kier alpha value is -2.45. The second-order valence-corrected chi connectivity index (χ2v) is 6.99. The topological polar surface area (TPSA) is 77.7 Å². The van der Waals surface area contributed by atoms with Gasteiger partial charge in [-0.1, -0.05) is 25.1 Å². The first-order valence-electron chi connectivity index (χ1n) is 9.37. The monoisotopic (exact) mass is 372 g/mol. The van der Waals surface area contributed by atoms with Gasteiger partial charge >= 0.3 is 0 Å². The summed E-state index contributed by atoms with van der Waals surface area (Å²) in [6.07, 6.45) is 0.903. The SMILES string of the molecule is CCc1ccccc1NC(=O)CN1CCN(Cc2nc(N(C)C)no2)CC1. The number of para-hydroxylation sites is 1. The quantitative estimate of drug-likeness (QED) is 0.788. The number of nitrogens with zero attached hydrogens (tertiary/aromatic N) is 5. The minimum atomic E-state index is 0.0388. The first kappa shape index (κ1) is 19.3. The fourth-order valence-corrected chi connectivity index (χ4v) is 3.13. The molecule has 1 aliphatic rings. The van der Waals surface area contributed by atoms with Crippen LogP contribution in [0.1, 0.15) is 18.4 Å². The van der Waals surface area contributed by atoms with Gasteiger partial charge < -0.3 is 14.7 Å². The summed E-state index contributed by atoms with van der Waals surface area (Å²) in [6.45, 7) is 6.59. The molecule has 8 heteroatoms. The molecule has 0 spiro atoms. The Morgan fingerprint density at radius 2 is 1.89 bits per heavy atom. The van der Waals surface area contributed by atoms with Crippen molar-refractivity contribution < 1.29 is 9.32 Å². The fourth-order valence-electron chi connectivity index (χ4n) is 3.13. The number of aromatic nitrogens is 2. The Labute approximate surface area is 160 Å². The maximum Gasteiger partial charge on any atom is 0.265 e. The summed E-state index contributed by atoms with van der Waals surface area (Å²) in [5.74, 6) is 1.26. The van der Waals surface area contributed by atoms with E-state index >= 15 is 0 Å². The van der Waals surface area contributed by atoms with E-state index in [0.717, 1.165) is 43.9 Å². The summed E-state index contributed by atoms with van der Waals surface area (Å²) in [4.78, 5) is 23.0. The molecule has 3 rings (SSSR count). The zero-order chi connectivity index (χ0) is 19.2. The molecule has 0 atom stereocenters. The summed E-state index contributed by atoms with van der Waals surface area (Å²) in [5, 5.41) is 6.98. The van der Waals surface area contributed by atoms with Crippen LogP contribution < -0.4 is 10.2 Å². The molecule has 1 aliphatic heterocycles. The van der Waals surface area contributed by atoms with Gasteiger partial charge in [-0.2, -0.15) is 4.98 Å². The molecule has 0 aliphatic carbocycles. The van der Waals surface area contributed by atoms with Gasteiger partial charge in [0.25, 0.3) is 5.95 Å². The highest BCUT2D eigenvalue weighted by atomic mass is 16.5. The number of hydrogen-bond acceptors (Lipinski definition) is 7. The summed E-state index contributed by atoms with van der Waals surface area (Å²) in [7, 11) is 3.77. The maximum atomic E-state index is 12.4. The first-order chi connectivity index (χ1) is 13.0. The number of hydrogen-bond donors (Lipinski definition) is 1. The largest absolute Gasteiger partial charge is 0.344 e. The number of piperazine rings is 1. The van der Waals surface area contributed by atoms with E-state index in [0.29, 0.717) is 24.9 Å². The van der Waals surface area contributed by atoms with Crippen LogP contribution in [0, 0.1) is 0 Å². The molecule has 8 nitrogen and oxygen atoms in total. The third-order valence-corrected chi connectivity index (χ3v) is 4.72. The summed E-state index contributed by atoms with van der Waals surface area (Å²) in [6, 6.07) is 7.96. The average Bonchev–Trinajstić information content (AvgIpc) is 3.12. The minimum absolute atomic E-state index is 0.0388. The molecule has 0 saturated carbocycles. The van der Waals surface area contributed by atoms with E-state index < -0.39 is 0 Å². The molecule has 0 radical (unpaired) electrons. The van der Waals surface area contributed by atoms with Crippen molar-refractivity contribution in [3.63, 3.8) is 0 Å². The average molecular weight is 372 g/mol. The third kappa shape index (κ3) is 5.27. The van der Waals surface area contributed by atoms with Gasteiger partial charge in [-0.3, -0.25) is 14.6 Å². The molecule has 1 N–H and O–H groups in total. The summed E-state index contributed by atoms with van der Waals surface area (Å²) in [5.41, 5.74) is 2.07. The highest BCUT2D eigenvalue weighted by Crippen LogP contribution is 2.15. The number of anilines is 2. The van der Waals surface area contributed by atoms with Gasteiger partial charge in [0.15, 0.2) is 0 Å². The number of benzene rings is 1. The molecule has 0 unspecified atom stereocenters. The Bertz CT molecular complexity index is 752. The number of rotatable bonds is 7. The molecular formula is C19H28N6O2. The van der Waals surface area contributed by atoms with E-state index in [2.05, 4.69) is 32.2 Å². The second kappa shape index (κ2) is 8.96. The van der Waals surface area contributed by atoms with Crippen LogP contribution in [0.2, 0.25) is 0 Å². The number of carbonyl (C=O) groups excluding carboxylic acids is 1. The summed E-state index contributed by atoms with van der Waals surface area (Å²) < 4.78 is 5.29. The standard InChI is InChI=1S/C19H28N6O2/c1-4-15-7-5-6-8-16(15)20-17(26)13-24-9-11-25(12-10-24)14-18-21-19(22-27-18)23(2)3/h5-8H,4,9-14H2,1-3H3,(H,20,26). The van der Waals surface area contributed by atoms with E-state index in [1.165, 1.54) is 0 Å². The van der Waals surface area contributed by atoms with E-state index in [1.54, 1.807) is 0 Å². The number of nitrogens with one attached hydrogen (secondary N) is 1. The molecule has 1 fully saturated rings. The Morgan fingerprint density at radius 3 is 2.56 bits per heavy atom. The smallest absolute Gasteiger partial charge is 0.265 e. The van der Waals surface area contributed by atoms with E-state index in [1.807, 2.05) is 43.3 Å². The number of amides is 1. The normalized spacial score (nSPS) is 15.7. The van der Waals surface area contributed by atoms with Gasteiger partial charge in [-0.15, -0.1) is 0 Å². The van der Waals surface area contributed by atoms with E-state index in [4.69, 9.17) is 4.52 Å². The van der Waals surface area contributed by atoms with Gasteiger partial charge in [-0.25, -0.2) is 0 Å². The van der Waals surface area contributed by atoms with Crippen molar-refractivity contribution in [2.75, 3.05) is 57.0 Å². The van der Waals surface area contributed by atoms with Crippen LogP contribution in [0.3, 0.4) is 0 Å². The molecule has 2 aromatic rings. The minimum Gasteiger partial charge on any atom is -0.344 e. The molecule has 2 heterocycles. The van der Waals surface area contributed by atoms with E-state index in [9.17, 15) is 4.79 Å². The lowest BCUT2D eigenvalue weighted by Gasteiger charge is -2.33. The van der Waals surface area contributed by atoms with E-state index in [-0.39, 0.29) is 5.91 Å². The van der Waals surface area contributed by atoms with Gasteiger partial charge in [0.2, 0.25) is 11.8 Å². The first-order valence-corrected chi connectivity index (χ1v) is 9.37. The molecule has 0 bridgehead atoms. The Morgan fingerprint density at radius 1 is 1.19 bits per heavy atom. The molecule has 27 heavy (non-hydrogen) atoms. The van der Waals surface area contributed by atoms with Crippen molar-refractivity contribution in [3.8, 4) is 0 Å². The summed E-state index contributed by atoms with van der Waals surface area (Å²) >= 11 is 0. The molecule has 1 aromatic carbocycles. The van der Waals surface area contributed by atoms with Gasteiger partial charge in [0.1, 0.15) is 0 Å². The zero-order valence-corrected chi connectivity index (χ0v) is 16.3. The van der Waals surface area contributed by atoms with Gasteiger partial charge in [0, 0.05) is 46.0 Å². The van der Waals surface area contributed by atoms with Crippen LogP contribution in [0.4, 0.5) is 11.6 Å². The Balaban J connectivity index is 1.44.